The van der Waals surface area contributed by atoms with Crippen molar-refractivity contribution in [3.63, 3.8) is 0 Å². The SMILES string of the molecule is COc1cc(NCOc2cnc3nc(N)nc(N)c3c2C)cc(OC)c1OC. The van der Waals surface area contributed by atoms with E-state index in [1.165, 1.54) is 0 Å². The standard InChI is InChI=1S/C18H22N6O4/c1-9-13(7-21-17-14(9)16(19)23-18(20)24-17)28-8-22-10-5-11(25-2)15(27-4)12(6-10)26-3/h5-7,22H,8H2,1-4H3,(H4,19,20,21,23,24). The van der Waals surface area contributed by atoms with Gasteiger partial charge in [0.2, 0.25) is 11.7 Å². The first kappa shape index (κ1) is 19.1. The molecule has 0 unspecified atom stereocenters. The van der Waals surface area contributed by atoms with E-state index in [4.69, 9.17) is 30.4 Å². The van der Waals surface area contributed by atoms with Crippen molar-refractivity contribution in [2.75, 3.05) is 44.8 Å². The molecule has 0 aliphatic rings. The first-order valence-electron chi connectivity index (χ1n) is 8.33. The molecule has 2 heterocycles. The fourth-order valence-electron chi connectivity index (χ4n) is 2.80. The van der Waals surface area contributed by atoms with Gasteiger partial charge >= 0.3 is 0 Å². The highest BCUT2D eigenvalue weighted by Gasteiger charge is 2.14. The van der Waals surface area contributed by atoms with Crippen molar-refractivity contribution < 1.29 is 18.9 Å². The van der Waals surface area contributed by atoms with E-state index in [-0.39, 0.29) is 18.5 Å². The van der Waals surface area contributed by atoms with Crippen LogP contribution in [0, 0.1) is 6.92 Å². The average molecular weight is 386 g/mol. The monoisotopic (exact) mass is 386 g/mol. The first-order chi connectivity index (χ1) is 13.5. The summed E-state index contributed by atoms with van der Waals surface area (Å²) in [5.74, 6) is 2.48. The Labute approximate surface area is 161 Å². The van der Waals surface area contributed by atoms with Crippen LogP contribution in [-0.2, 0) is 0 Å². The largest absolute Gasteiger partial charge is 0.493 e. The van der Waals surface area contributed by atoms with Gasteiger partial charge in [0.25, 0.3) is 0 Å². The number of fused-ring (bicyclic) bond motifs is 1. The smallest absolute Gasteiger partial charge is 0.224 e. The third-order valence-corrected chi connectivity index (χ3v) is 4.15. The minimum absolute atomic E-state index is 0.0784. The van der Waals surface area contributed by atoms with Gasteiger partial charge < -0.3 is 35.7 Å². The number of pyridine rings is 1. The first-order valence-corrected chi connectivity index (χ1v) is 8.33. The number of methoxy groups -OCH3 is 3. The Hall–Kier alpha value is -3.69. The molecule has 0 amide bonds. The van der Waals surface area contributed by atoms with Crippen molar-refractivity contribution in [2.45, 2.75) is 6.92 Å². The lowest BCUT2D eigenvalue weighted by molar-refractivity contribution is 0.323. The van der Waals surface area contributed by atoms with E-state index in [0.29, 0.717) is 34.0 Å². The van der Waals surface area contributed by atoms with Crippen molar-refractivity contribution in [3.8, 4) is 23.0 Å². The number of hydrogen-bond donors (Lipinski definition) is 3. The summed E-state index contributed by atoms with van der Waals surface area (Å²) in [6.45, 7) is 2.02. The van der Waals surface area contributed by atoms with Crippen LogP contribution >= 0.6 is 0 Å². The molecule has 0 atom stereocenters. The molecule has 2 aromatic heterocycles. The second-order valence-electron chi connectivity index (χ2n) is 5.79. The zero-order chi connectivity index (χ0) is 20.3. The molecule has 0 radical (unpaired) electrons. The zero-order valence-corrected chi connectivity index (χ0v) is 16.1. The second kappa shape index (κ2) is 7.91. The van der Waals surface area contributed by atoms with Crippen LogP contribution in [0.2, 0.25) is 0 Å². The molecule has 0 bridgehead atoms. The molecule has 0 saturated carbocycles. The van der Waals surface area contributed by atoms with E-state index in [2.05, 4.69) is 20.3 Å². The Morgan fingerprint density at radius 3 is 2.25 bits per heavy atom. The average Bonchev–Trinajstić information content (AvgIpc) is 2.68. The van der Waals surface area contributed by atoms with Gasteiger partial charge in [-0.3, -0.25) is 0 Å². The van der Waals surface area contributed by atoms with Gasteiger partial charge in [-0.25, -0.2) is 4.98 Å². The summed E-state index contributed by atoms with van der Waals surface area (Å²) >= 11 is 0. The number of nitrogens with two attached hydrogens (primary N) is 2. The molecular weight excluding hydrogens is 364 g/mol. The Morgan fingerprint density at radius 1 is 0.964 bits per heavy atom. The van der Waals surface area contributed by atoms with Crippen LogP contribution in [0.5, 0.6) is 23.0 Å². The van der Waals surface area contributed by atoms with Crippen LogP contribution in [0.15, 0.2) is 18.3 Å². The molecule has 0 fully saturated rings. The number of anilines is 3. The highest BCUT2D eigenvalue weighted by molar-refractivity contribution is 5.90. The summed E-state index contributed by atoms with van der Waals surface area (Å²) in [5, 5.41) is 3.76. The van der Waals surface area contributed by atoms with Crippen molar-refractivity contribution in [1.82, 2.24) is 15.0 Å². The number of rotatable bonds is 7. The molecule has 10 nitrogen and oxygen atoms in total. The van der Waals surface area contributed by atoms with E-state index in [9.17, 15) is 0 Å². The number of nitrogen functional groups attached to an aromatic ring is 2. The van der Waals surface area contributed by atoms with E-state index in [0.717, 1.165) is 11.3 Å². The third kappa shape index (κ3) is 3.56. The van der Waals surface area contributed by atoms with Crippen LogP contribution < -0.4 is 35.7 Å². The summed E-state index contributed by atoms with van der Waals surface area (Å²) in [6.07, 6.45) is 1.57. The number of aromatic nitrogens is 3. The Kier molecular flexibility index (Phi) is 5.39. The van der Waals surface area contributed by atoms with Crippen molar-refractivity contribution in [3.05, 3.63) is 23.9 Å². The van der Waals surface area contributed by atoms with Crippen LogP contribution in [0.3, 0.4) is 0 Å². The Bertz CT molecular complexity index is 986. The van der Waals surface area contributed by atoms with Gasteiger partial charge in [-0.15, -0.1) is 0 Å². The number of aryl methyl sites for hydroxylation is 1. The summed E-state index contributed by atoms with van der Waals surface area (Å²) in [6, 6.07) is 3.57. The molecule has 0 spiro atoms. The lowest BCUT2D eigenvalue weighted by Crippen LogP contribution is -2.11. The minimum Gasteiger partial charge on any atom is -0.493 e. The molecular formula is C18H22N6O4. The normalized spacial score (nSPS) is 10.6. The zero-order valence-electron chi connectivity index (χ0n) is 16.1. The Balaban J connectivity index is 1.79. The molecule has 148 valence electrons. The van der Waals surface area contributed by atoms with Gasteiger partial charge in [0, 0.05) is 23.4 Å². The highest BCUT2D eigenvalue weighted by Crippen LogP contribution is 2.40. The molecule has 5 N–H and O–H groups in total. The predicted molar refractivity (Wildman–Crippen MR) is 106 cm³/mol. The molecule has 0 aliphatic heterocycles. The van der Waals surface area contributed by atoms with Crippen molar-refractivity contribution >= 4 is 28.5 Å². The molecule has 3 aromatic rings. The van der Waals surface area contributed by atoms with Gasteiger partial charge in [0.15, 0.2) is 23.9 Å². The molecule has 10 heteroatoms. The Morgan fingerprint density at radius 2 is 1.64 bits per heavy atom. The van der Waals surface area contributed by atoms with Crippen molar-refractivity contribution in [2.24, 2.45) is 0 Å². The number of nitrogens with one attached hydrogen (secondary N) is 1. The van der Waals surface area contributed by atoms with Crippen LogP contribution in [-0.4, -0.2) is 43.0 Å². The molecule has 0 saturated heterocycles. The number of ether oxygens (including phenoxy) is 4. The van der Waals surface area contributed by atoms with E-state index < -0.39 is 0 Å². The van der Waals surface area contributed by atoms with Crippen LogP contribution in [0.25, 0.3) is 11.0 Å². The van der Waals surface area contributed by atoms with E-state index >= 15 is 0 Å². The summed E-state index contributed by atoms with van der Waals surface area (Å²) in [7, 11) is 4.66. The molecule has 3 rings (SSSR count). The fraction of sp³-hybridized carbons (Fsp3) is 0.278. The maximum atomic E-state index is 5.96. The lowest BCUT2D eigenvalue weighted by Gasteiger charge is -2.16. The van der Waals surface area contributed by atoms with E-state index in [1.807, 2.05) is 6.92 Å². The highest BCUT2D eigenvalue weighted by atomic mass is 16.5. The quantitative estimate of drug-likeness (QED) is 0.516. The third-order valence-electron chi connectivity index (χ3n) is 4.15. The van der Waals surface area contributed by atoms with Gasteiger partial charge in [0.1, 0.15) is 11.6 Å². The lowest BCUT2D eigenvalue weighted by atomic mass is 10.2. The number of benzene rings is 1. The predicted octanol–water partition coefficient (Wildman–Crippen LogP) is 1.97. The van der Waals surface area contributed by atoms with Crippen molar-refractivity contribution in [1.29, 1.82) is 0 Å². The van der Waals surface area contributed by atoms with Gasteiger partial charge in [0.05, 0.1) is 32.9 Å². The maximum absolute atomic E-state index is 5.96. The topological polar surface area (TPSA) is 140 Å². The van der Waals surface area contributed by atoms with Gasteiger partial charge in [-0.05, 0) is 6.92 Å². The minimum atomic E-state index is 0.0784. The number of nitrogens with zero attached hydrogens (tertiary/aromatic N) is 3. The number of hydrogen-bond acceptors (Lipinski definition) is 10. The summed E-state index contributed by atoms with van der Waals surface area (Å²) in [5.41, 5.74) is 13.5. The molecule has 28 heavy (non-hydrogen) atoms. The van der Waals surface area contributed by atoms with Crippen LogP contribution in [0.4, 0.5) is 17.5 Å². The fourth-order valence-corrected chi connectivity index (χ4v) is 2.80. The van der Waals surface area contributed by atoms with Crippen LogP contribution in [0.1, 0.15) is 5.56 Å². The van der Waals surface area contributed by atoms with Gasteiger partial charge in [-0.2, -0.15) is 9.97 Å². The summed E-state index contributed by atoms with van der Waals surface area (Å²) in [4.78, 5) is 12.3. The van der Waals surface area contributed by atoms with E-state index in [1.54, 1.807) is 39.7 Å². The maximum Gasteiger partial charge on any atom is 0.224 e. The van der Waals surface area contributed by atoms with Gasteiger partial charge in [-0.1, -0.05) is 0 Å². The summed E-state index contributed by atoms with van der Waals surface area (Å²) < 4.78 is 21.8. The molecule has 1 aromatic carbocycles. The molecule has 0 aliphatic carbocycles. The second-order valence-corrected chi connectivity index (χ2v) is 5.79.